The monoisotopic (exact) mass is 554 g/mol. The van der Waals surface area contributed by atoms with E-state index in [0.29, 0.717) is 57.5 Å². The number of carboxylic acid groups (broad SMARTS) is 1. The molecule has 206 valence electrons. The van der Waals surface area contributed by atoms with Gasteiger partial charge in [-0.15, -0.1) is 0 Å². The number of rotatable bonds is 8. The molecule has 2 unspecified atom stereocenters. The molecule has 1 aromatic carbocycles. The van der Waals surface area contributed by atoms with Gasteiger partial charge in [0.2, 0.25) is 5.91 Å². The first kappa shape index (κ1) is 28.1. The molecule has 10 nitrogen and oxygen atoms in total. The summed E-state index contributed by atoms with van der Waals surface area (Å²) in [6, 6.07) is 10.5. The summed E-state index contributed by atoms with van der Waals surface area (Å²) >= 11 is 6.19. The van der Waals surface area contributed by atoms with Gasteiger partial charge in [-0.25, -0.2) is 9.78 Å². The maximum atomic E-state index is 12.9. The molecule has 1 aliphatic rings. The van der Waals surface area contributed by atoms with Gasteiger partial charge in [-0.2, -0.15) is 0 Å². The van der Waals surface area contributed by atoms with Gasteiger partial charge in [-0.3, -0.25) is 9.59 Å². The van der Waals surface area contributed by atoms with Gasteiger partial charge in [0.1, 0.15) is 11.8 Å². The van der Waals surface area contributed by atoms with E-state index in [0.717, 1.165) is 12.8 Å². The summed E-state index contributed by atoms with van der Waals surface area (Å²) in [7, 11) is 0. The SMILES string of the molecule is Cc1nc(-c2onc(C)c2CNC(=O)O[C@H](C)c2ccccc2Cl)ccc1NC(=O)C1CCCCC1C(=O)O. The number of aryl methyl sites for hydroxylation is 2. The van der Waals surface area contributed by atoms with Crippen LogP contribution in [-0.2, 0) is 20.9 Å². The largest absolute Gasteiger partial charge is 0.481 e. The summed E-state index contributed by atoms with van der Waals surface area (Å²) < 4.78 is 11.0. The number of alkyl carbamates (subject to hydrolysis) is 1. The number of carbonyl (C=O) groups is 3. The van der Waals surface area contributed by atoms with Crippen molar-refractivity contribution in [2.75, 3.05) is 5.32 Å². The number of carboxylic acids is 1. The molecule has 3 aromatic rings. The standard InChI is InChI=1S/C28H31ClN4O6/c1-15-21(14-30-28(37)38-17(3)18-8-6-7-11-22(18)29)25(39-33-15)24-13-12-23(16(2)31-24)32-26(34)19-9-4-5-10-20(19)27(35)36/h6-8,11-13,17,19-20H,4-5,9-10,14H2,1-3H3,(H,30,37)(H,32,34)(H,35,36)/t17-,19?,20?/m1/s1. The molecule has 0 saturated heterocycles. The van der Waals surface area contributed by atoms with Crippen LogP contribution in [0.1, 0.15) is 61.2 Å². The van der Waals surface area contributed by atoms with Crippen LogP contribution in [0.25, 0.3) is 11.5 Å². The molecule has 0 spiro atoms. The molecular weight excluding hydrogens is 524 g/mol. The van der Waals surface area contributed by atoms with Crippen molar-refractivity contribution in [2.24, 2.45) is 11.8 Å². The van der Waals surface area contributed by atoms with Crippen molar-refractivity contribution in [3.05, 3.63) is 63.9 Å². The molecule has 3 atom stereocenters. The average Bonchev–Trinajstić information content (AvgIpc) is 3.28. The number of nitrogens with zero attached hydrogens (tertiary/aromatic N) is 2. The van der Waals surface area contributed by atoms with Crippen LogP contribution in [-0.4, -0.2) is 33.2 Å². The van der Waals surface area contributed by atoms with Gasteiger partial charge in [0.05, 0.1) is 35.5 Å². The van der Waals surface area contributed by atoms with Crippen LogP contribution in [0.4, 0.5) is 10.5 Å². The lowest BCUT2D eigenvalue weighted by molar-refractivity contribution is -0.147. The highest BCUT2D eigenvalue weighted by atomic mass is 35.5. The number of nitrogens with one attached hydrogen (secondary N) is 2. The number of aliphatic carboxylic acids is 1. The third-order valence-electron chi connectivity index (χ3n) is 7.02. The van der Waals surface area contributed by atoms with Gasteiger partial charge < -0.3 is 25.0 Å². The first-order chi connectivity index (χ1) is 18.7. The van der Waals surface area contributed by atoms with Crippen LogP contribution in [0.2, 0.25) is 5.02 Å². The molecule has 39 heavy (non-hydrogen) atoms. The maximum Gasteiger partial charge on any atom is 0.408 e. The highest BCUT2D eigenvalue weighted by molar-refractivity contribution is 6.31. The lowest BCUT2D eigenvalue weighted by atomic mass is 9.78. The second-order valence-electron chi connectivity index (χ2n) is 9.65. The number of aromatic nitrogens is 2. The minimum Gasteiger partial charge on any atom is -0.481 e. The van der Waals surface area contributed by atoms with E-state index in [-0.39, 0.29) is 12.5 Å². The number of anilines is 1. The second-order valence-corrected chi connectivity index (χ2v) is 10.1. The Morgan fingerprint density at radius 2 is 1.82 bits per heavy atom. The minimum atomic E-state index is -0.941. The summed E-state index contributed by atoms with van der Waals surface area (Å²) in [5.74, 6) is -2.14. The zero-order valence-electron chi connectivity index (χ0n) is 22.0. The van der Waals surface area contributed by atoms with Crippen LogP contribution >= 0.6 is 11.6 Å². The lowest BCUT2D eigenvalue weighted by Crippen LogP contribution is -2.36. The second kappa shape index (κ2) is 12.3. The Morgan fingerprint density at radius 3 is 2.51 bits per heavy atom. The molecule has 11 heteroatoms. The molecule has 1 aliphatic carbocycles. The fourth-order valence-corrected chi connectivity index (χ4v) is 5.10. The fraction of sp³-hybridized carbons (Fsp3) is 0.393. The van der Waals surface area contributed by atoms with Crippen molar-refractivity contribution in [3.8, 4) is 11.5 Å². The van der Waals surface area contributed by atoms with Crippen molar-refractivity contribution in [3.63, 3.8) is 0 Å². The average molecular weight is 555 g/mol. The normalized spacial score (nSPS) is 17.7. The Hall–Kier alpha value is -3.92. The van der Waals surface area contributed by atoms with E-state index < -0.39 is 30.0 Å². The number of amides is 2. The van der Waals surface area contributed by atoms with Crippen LogP contribution in [0.3, 0.4) is 0 Å². The topological polar surface area (TPSA) is 144 Å². The molecule has 1 saturated carbocycles. The van der Waals surface area contributed by atoms with E-state index >= 15 is 0 Å². The third kappa shape index (κ3) is 6.57. The molecule has 2 aromatic heterocycles. The summed E-state index contributed by atoms with van der Waals surface area (Å²) in [5, 5.41) is 19.6. The van der Waals surface area contributed by atoms with Gasteiger partial charge >= 0.3 is 12.1 Å². The maximum absolute atomic E-state index is 12.9. The number of hydrogen-bond donors (Lipinski definition) is 3. The van der Waals surface area contributed by atoms with Crippen molar-refractivity contribution in [1.29, 1.82) is 0 Å². The van der Waals surface area contributed by atoms with Crippen LogP contribution in [0.15, 0.2) is 40.9 Å². The minimum absolute atomic E-state index is 0.0935. The summed E-state index contributed by atoms with van der Waals surface area (Å²) in [6.07, 6.45) is 1.50. The number of pyridine rings is 1. The Kier molecular flexibility index (Phi) is 8.86. The molecule has 2 amide bonds. The van der Waals surface area contributed by atoms with Gasteiger partial charge in [0.15, 0.2) is 5.76 Å². The number of benzene rings is 1. The Morgan fingerprint density at radius 1 is 1.10 bits per heavy atom. The molecule has 0 radical (unpaired) electrons. The van der Waals surface area contributed by atoms with E-state index in [9.17, 15) is 19.5 Å². The zero-order chi connectivity index (χ0) is 28.1. The number of halogens is 1. The van der Waals surface area contributed by atoms with Crippen LogP contribution in [0, 0.1) is 25.7 Å². The van der Waals surface area contributed by atoms with Gasteiger partial charge in [0, 0.05) is 16.1 Å². The van der Waals surface area contributed by atoms with E-state index in [4.69, 9.17) is 20.9 Å². The predicted molar refractivity (Wildman–Crippen MR) is 144 cm³/mol. The molecule has 1 fully saturated rings. The van der Waals surface area contributed by atoms with Crippen LogP contribution < -0.4 is 10.6 Å². The smallest absolute Gasteiger partial charge is 0.408 e. The predicted octanol–water partition coefficient (Wildman–Crippen LogP) is 5.82. The Balaban J connectivity index is 1.42. The van der Waals surface area contributed by atoms with E-state index in [2.05, 4.69) is 20.8 Å². The number of carbonyl (C=O) groups excluding carboxylic acids is 2. The highest BCUT2D eigenvalue weighted by Gasteiger charge is 2.36. The summed E-state index contributed by atoms with van der Waals surface area (Å²) in [4.78, 5) is 41.5. The van der Waals surface area contributed by atoms with E-state index in [1.54, 1.807) is 51.1 Å². The summed E-state index contributed by atoms with van der Waals surface area (Å²) in [6.45, 7) is 5.33. The van der Waals surface area contributed by atoms with Crippen molar-refractivity contribution < 1.29 is 28.8 Å². The first-order valence-corrected chi connectivity index (χ1v) is 13.2. The van der Waals surface area contributed by atoms with Gasteiger partial charge in [0.25, 0.3) is 0 Å². The van der Waals surface area contributed by atoms with Crippen LogP contribution in [0.5, 0.6) is 0 Å². The van der Waals surface area contributed by atoms with E-state index in [1.807, 2.05) is 6.07 Å². The van der Waals surface area contributed by atoms with Gasteiger partial charge in [-0.05, 0) is 51.8 Å². The van der Waals surface area contributed by atoms with Crippen molar-refractivity contribution >= 4 is 35.3 Å². The first-order valence-electron chi connectivity index (χ1n) is 12.8. The third-order valence-corrected chi connectivity index (χ3v) is 7.36. The lowest BCUT2D eigenvalue weighted by Gasteiger charge is -2.27. The van der Waals surface area contributed by atoms with E-state index in [1.165, 1.54) is 0 Å². The number of ether oxygens (including phenoxy) is 1. The molecule has 2 heterocycles. The molecule has 4 rings (SSSR count). The van der Waals surface area contributed by atoms with Crippen molar-refractivity contribution in [1.82, 2.24) is 15.5 Å². The molecule has 0 bridgehead atoms. The quantitative estimate of drug-likeness (QED) is 0.316. The number of hydrogen-bond acceptors (Lipinski definition) is 7. The molecule has 0 aliphatic heterocycles. The summed E-state index contributed by atoms with van der Waals surface area (Å²) in [5.41, 5.74) is 3.41. The van der Waals surface area contributed by atoms with Crippen molar-refractivity contribution in [2.45, 2.75) is 59.1 Å². The molecule has 3 N–H and O–H groups in total. The van der Waals surface area contributed by atoms with Gasteiger partial charge in [-0.1, -0.05) is 47.8 Å². The molecular formula is C28H31ClN4O6. The highest BCUT2D eigenvalue weighted by Crippen LogP contribution is 2.32. The Labute approximate surface area is 231 Å². The fourth-order valence-electron chi connectivity index (χ4n) is 4.81. The Bertz CT molecular complexity index is 1370. The zero-order valence-corrected chi connectivity index (χ0v) is 22.7.